The molecule has 1 N–H and O–H groups in total. The highest BCUT2D eigenvalue weighted by atomic mass is 16.5. The molecule has 0 atom stereocenters. The maximum Gasteiger partial charge on any atom is 0.0587 e. The van der Waals surface area contributed by atoms with Gasteiger partial charge in [-0.2, -0.15) is 0 Å². The van der Waals surface area contributed by atoms with Gasteiger partial charge in [0.2, 0.25) is 0 Å². The first-order chi connectivity index (χ1) is 8.80. The number of nitrogens with one attached hydrogen (secondary N) is 1. The van der Waals surface area contributed by atoms with Crippen molar-refractivity contribution in [3.8, 4) is 0 Å². The Balaban J connectivity index is 1.97. The van der Waals surface area contributed by atoms with Gasteiger partial charge in [-0.25, -0.2) is 0 Å². The van der Waals surface area contributed by atoms with E-state index in [-0.39, 0.29) is 0 Å². The van der Waals surface area contributed by atoms with Gasteiger partial charge in [-0.1, -0.05) is 19.4 Å². The van der Waals surface area contributed by atoms with Crippen molar-refractivity contribution in [3.63, 3.8) is 0 Å². The molecule has 0 bridgehead atoms. The Labute approximate surface area is 110 Å². The molecule has 1 aliphatic rings. The summed E-state index contributed by atoms with van der Waals surface area (Å²) in [5, 5.41) is 3.52. The number of methoxy groups -OCH3 is 1. The van der Waals surface area contributed by atoms with E-state index in [1.807, 2.05) is 18.5 Å². The summed E-state index contributed by atoms with van der Waals surface area (Å²) < 4.78 is 5.08. The van der Waals surface area contributed by atoms with E-state index in [4.69, 9.17) is 4.74 Å². The lowest BCUT2D eigenvalue weighted by atomic mass is 9.58. The highest BCUT2D eigenvalue weighted by molar-refractivity contribution is 5.26. The minimum Gasteiger partial charge on any atom is -0.383 e. The first kappa shape index (κ1) is 13.5. The fourth-order valence-electron chi connectivity index (χ4n) is 2.99. The van der Waals surface area contributed by atoms with Crippen LogP contribution in [0.1, 0.15) is 31.7 Å². The van der Waals surface area contributed by atoms with Crippen molar-refractivity contribution in [1.29, 1.82) is 0 Å². The van der Waals surface area contributed by atoms with Crippen LogP contribution in [0.4, 0.5) is 0 Å². The largest absolute Gasteiger partial charge is 0.383 e. The van der Waals surface area contributed by atoms with Crippen molar-refractivity contribution < 1.29 is 4.74 Å². The molecule has 100 valence electrons. The predicted molar refractivity (Wildman–Crippen MR) is 73.7 cm³/mol. The molecule has 1 aromatic heterocycles. The number of hydrogen-bond acceptors (Lipinski definition) is 3. The standard InChI is InChI=1S/C15H24N2O/c1-3-13-9-15(10-13,12-17-7-8-18-2)14-5-4-6-16-11-14/h4-6,11,13,17H,3,7-10,12H2,1-2H3. The van der Waals surface area contributed by atoms with E-state index in [1.54, 1.807) is 7.11 Å². The zero-order chi connectivity index (χ0) is 12.8. The summed E-state index contributed by atoms with van der Waals surface area (Å²) >= 11 is 0. The Morgan fingerprint density at radius 3 is 2.94 bits per heavy atom. The fourth-order valence-corrected chi connectivity index (χ4v) is 2.99. The molecule has 2 rings (SSSR count). The van der Waals surface area contributed by atoms with Crippen molar-refractivity contribution in [3.05, 3.63) is 30.1 Å². The summed E-state index contributed by atoms with van der Waals surface area (Å²) in [6.45, 7) is 5.03. The van der Waals surface area contributed by atoms with Crippen LogP contribution in [0.3, 0.4) is 0 Å². The Morgan fingerprint density at radius 1 is 1.50 bits per heavy atom. The van der Waals surface area contributed by atoms with Gasteiger partial charge in [-0.3, -0.25) is 4.98 Å². The normalized spacial score (nSPS) is 26.9. The van der Waals surface area contributed by atoms with Crippen LogP contribution in [0.25, 0.3) is 0 Å². The minimum atomic E-state index is 0.308. The van der Waals surface area contributed by atoms with Gasteiger partial charge in [0.15, 0.2) is 0 Å². The molecule has 3 heteroatoms. The molecular formula is C15H24N2O. The smallest absolute Gasteiger partial charge is 0.0587 e. The van der Waals surface area contributed by atoms with Gasteiger partial charge < -0.3 is 10.1 Å². The van der Waals surface area contributed by atoms with Crippen molar-refractivity contribution in [2.75, 3.05) is 26.8 Å². The second-order valence-corrected chi connectivity index (χ2v) is 5.37. The van der Waals surface area contributed by atoms with Gasteiger partial charge in [0.25, 0.3) is 0 Å². The number of pyridine rings is 1. The van der Waals surface area contributed by atoms with E-state index in [1.165, 1.54) is 24.8 Å². The van der Waals surface area contributed by atoms with Crippen molar-refractivity contribution >= 4 is 0 Å². The first-order valence-corrected chi connectivity index (χ1v) is 6.91. The number of ether oxygens (including phenoxy) is 1. The summed E-state index contributed by atoms with van der Waals surface area (Å²) in [7, 11) is 1.75. The third kappa shape index (κ3) is 2.90. The van der Waals surface area contributed by atoms with Crippen LogP contribution in [0.15, 0.2) is 24.5 Å². The van der Waals surface area contributed by atoms with E-state index in [2.05, 4.69) is 23.3 Å². The van der Waals surface area contributed by atoms with Crippen LogP contribution in [0, 0.1) is 5.92 Å². The molecule has 0 amide bonds. The van der Waals surface area contributed by atoms with Crippen LogP contribution < -0.4 is 5.32 Å². The highest BCUT2D eigenvalue weighted by Crippen LogP contribution is 2.48. The maximum absolute atomic E-state index is 5.08. The first-order valence-electron chi connectivity index (χ1n) is 6.91. The third-order valence-electron chi connectivity index (χ3n) is 4.16. The molecule has 1 saturated carbocycles. The second-order valence-electron chi connectivity index (χ2n) is 5.37. The summed E-state index contributed by atoms with van der Waals surface area (Å²) in [6, 6.07) is 4.27. The molecule has 1 aliphatic carbocycles. The molecule has 18 heavy (non-hydrogen) atoms. The fraction of sp³-hybridized carbons (Fsp3) is 0.667. The molecule has 1 aromatic rings. The summed E-state index contributed by atoms with van der Waals surface area (Å²) in [5.41, 5.74) is 1.70. The van der Waals surface area contributed by atoms with E-state index in [9.17, 15) is 0 Å². The number of aromatic nitrogens is 1. The molecular weight excluding hydrogens is 224 g/mol. The highest BCUT2D eigenvalue weighted by Gasteiger charge is 2.44. The zero-order valence-corrected chi connectivity index (χ0v) is 11.5. The monoisotopic (exact) mass is 248 g/mol. The molecule has 0 saturated heterocycles. The zero-order valence-electron chi connectivity index (χ0n) is 11.5. The maximum atomic E-state index is 5.08. The van der Waals surface area contributed by atoms with Gasteiger partial charge in [0, 0.05) is 38.0 Å². The molecule has 0 radical (unpaired) electrons. The van der Waals surface area contributed by atoms with Gasteiger partial charge in [0.1, 0.15) is 0 Å². The lowest BCUT2D eigenvalue weighted by molar-refractivity contribution is 0.127. The van der Waals surface area contributed by atoms with E-state index in [0.29, 0.717) is 5.41 Å². The molecule has 3 nitrogen and oxygen atoms in total. The van der Waals surface area contributed by atoms with Gasteiger partial charge >= 0.3 is 0 Å². The lowest BCUT2D eigenvalue weighted by Gasteiger charge is -2.48. The Morgan fingerprint density at radius 2 is 2.33 bits per heavy atom. The van der Waals surface area contributed by atoms with Crippen molar-refractivity contribution in [1.82, 2.24) is 10.3 Å². The SMILES string of the molecule is CCC1CC(CNCCOC)(c2cccnc2)C1. The van der Waals surface area contributed by atoms with Crippen LogP contribution in [-0.4, -0.2) is 31.8 Å². The quantitative estimate of drug-likeness (QED) is 0.752. The van der Waals surface area contributed by atoms with E-state index >= 15 is 0 Å². The number of hydrogen-bond donors (Lipinski definition) is 1. The van der Waals surface area contributed by atoms with Crippen LogP contribution >= 0.6 is 0 Å². The Kier molecular flexibility index (Phi) is 4.72. The molecule has 1 fully saturated rings. The Bertz CT molecular complexity index is 347. The summed E-state index contributed by atoms with van der Waals surface area (Å²) in [4.78, 5) is 4.28. The molecule has 0 unspecified atom stereocenters. The minimum absolute atomic E-state index is 0.308. The average Bonchev–Trinajstić information content (AvgIpc) is 2.38. The number of rotatable bonds is 7. The average molecular weight is 248 g/mol. The predicted octanol–water partition coefficient (Wildman–Crippen LogP) is 2.38. The second kappa shape index (κ2) is 6.30. The molecule has 0 aromatic carbocycles. The molecule has 0 spiro atoms. The lowest BCUT2D eigenvalue weighted by Crippen LogP contribution is -2.49. The van der Waals surface area contributed by atoms with E-state index < -0.39 is 0 Å². The van der Waals surface area contributed by atoms with Crippen molar-refractivity contribution in [2.45, 2.75) is 31.6 Å². The number of nitrogens with zero attached hydrogens (tertiary/aromatic N) is 1. The van der Waals surface area contributed by atoms with Crippen LogP contribution in [0.2, 0.25) is 0 Å². The van der Waals surface area contributed by atoms with Crippen LogP contribution in [-0.2, 0) is 10.2 Å². The van der Waals surface area contributed by atoms with Crippen LogP contribution in [0.5, 0.6) is 0 Å². The summed E-state index contributed by atoms with van der Waals surface area (Å²) in [6.07, 6.45) is 7.75. The Hall–Kier alpha value is -0.930. The van der Waals surface area contributed by atoms with Gasteiger partial charge in [-0.15, -0.1) is 0 Å². The van der Waals surface area contributed by atoms with E-state index in [0.717, 1.165) is 25.6 Å². The molecule has 1 heterocycles. The van der Waals surface area contributed by atoms with Crippen molar-refractivity contribution in [2.24, 2.45) is 5.92 Å². The summed E-state index contributed by atoms with van der Waals surface area (Å²) in [5.74, 6) is 0.884. The topological polar surface area (TPSA) is 34.1 Å². The van der Waals surface area contributed by atoms with Gasteiger partial charge in [-0.05, 0) is 30.4 Å². The van der Waals surface area contributed by atoms with Gasteiger partial charge in [0.05, 0.1) is 6.61 Å². The third-order valence-corrected chi connectivity index (χ3v) is 4.16. The molecule has 0 aliphatic heterocycles.